The number of hydrogen-bond donors (Lipinski definition) is 1. The van der Waals surface area contributed by atoms with E-state index < -0.39 is 0 Å². The average molecular weight is 263 g/mol. The van der Waals surface area contributed by atoms with Gasteiger partial charge in [0.2, 0.25) is 5.89 Å². The van der Waals surface area contributed by atoms with Crippen LogP contribution in [0.15, 0.2) is 4.52 Å². The Morgan fingerprint density at radius 3 is 2.58 bits per heavy atom. The molecule has 2 heterocycles. The molecule has 0 amide bonds. The second kappa shape index (κ2) is 5.52. The first-order chi connectivity index (χ1) is 9.02. The van der Waals surface area contributed by atoms with Crippen molar-refractivity contribution in [2.75, 3.05) is 0 Å². The van der Waals surface area contributed by atoms with E-state index in [1.165, 1.54) is 11.3 Å². The van der Waals surface area contributed by atoms with Crippen LogP contribution >= 0.6 is 0 Å². The number of aromatic nitrogens is 4. The molecule has 1 unspecified atom stereocenters. The summed E-state index contributed by atoms with van der Waals surface area (Å²) >= 11 is 0. The molecule has 6 nitrogen and oxygen atoms in total. The van der Waals surface area contributed by atoms with Gasteiger partial charge in [-0.25, -0.2) is 0 Å². The first-order valence-corrected chi connectivity index (χ1v) is 6.59. The van der Waals surface area contributed by atoms with Gasteiger partial charge in [0.1, 0.15) is 0 Å². The van der Waals surface area contributed by atoms with Crippen LogP contribution in [0.3, 0.4) is 0 Å². The Morgan fingerprint density at radius 1 is 1.32 bits per heavy atom. The van der Waals surface area contributed by atoms with Crippen LogP contribution in [-0.4, -0.2) is 19.9 Å². The molecule has 2 aromatic heterocycles. The molecular weight excluding hydrogens is 242 g/mol. The molecule has 0 bridgehead atoms. The summed E-state index contributed by atoms with van der Waals surface area (Å²) in [7, 11) is 0. The number of aryl methyl sites for hydroxylation is 3. The Hall–Kier alpha value is -1.69. The molecule has 0 saturated heterocycles. The number of nitrogens with zero attached hydrogens (tertiary/aromatic N) is 4. The molecule has 1 N–H and O–H groups in total. The van der Waals surface area contributed by atoms with E-state index in [1.54, 1.807) is 6.92 Å². The van der Waals surface area contributed by atoms with Crippen LogP contribution < -0.4 is 5.32 Å². The van der Waals surface area contributed by atoms with Gasteiger partial charge < -0.3 is 9.84 Å². The van der Waals surface area contributed by atoms with E-state index in [-0.39, 0.29) is 6.04 Å². The molecule has 0 aliphatic rings. The summed E-state index contributed by atoms with van der Waals surface area (Å²) < 4.78 is 6.98. The SMILES string of the molecule is CCn1nc(C)c(C(C)NCc2noc(C)n2)c1C. The molecule has 0 spiro atoms. The summed E-state index contributed by atoms with van der Waals surface area (Å²) in [4.78, 5) is 4.18. The summed E-state index contributed by atoms with van der Waals surface area (Å²) in [6.07, 6.45) is 0. The standard InChI is InChI=1S/C13H21N5O/c1-6-18-10(4)13(9(3)16-18)8(2)14-7-12-15-11(5)19-17-12/h8,14H,6-7H2,1-5H3. The van der Waals surface area contributed by atoms with Crippen molar-refractivity contribution < 1.29 is 4.52 Å². The molecule has 2 aromatic rings. The number of rotatable bonds is 5. The molecular formula is C13H21N5O. The predicted molar refractivity (Wildman–Crippen MR) is 71.7 cm³/mol. The summed E-state index contributed by atoms with van der Waals surface area (Å²) in [5.74, 6) is 1.28. The van der Waals surface area contributed by atoms with Gasteiger partial charge in [-0.05, 0) is 27.7 Å². The molecule has 1 atom stereocenters. The van der Waals surface area contributed by atoms with Gasteiger partial charge in [0.25, 0.3) is 0 Å². The van der Waals surface area contributed by atoms with Gasteiger partial charge in [0.05, 0.1) is 12.2 Å². The molecule has 2 rings (SSSR count). The Labute approximate surface area is 113 Å². The van der Waals surface area contributed by atoms with Gasteiger partial charge in [-0.2, -0.15) is 10.1 Å². The molecule has 0 saturated carbocycles. The maximum absolute atomic E-state index is 4.95. The van der Waals surface area contributed by atoms with E-state index in [2.05, 4.69) is 41.3 Å². The zero-order valence-corrected chi connectivity index (χ0v) is 12.2. The summed E-state index contributed by atoms with van der Waals surface area (Å²) in [6, 6.07) is 0.208. The normalized spacial score (nSPS) is 12.9. The number of hydrogen-bond acceptors (Lipinski definition) is 5. The van der Waals surface area contributed by atoms with Gasteiger partial charge in [0, 0.05) is 30.8 Å². The summed E-state index contributed by atoms with van der Waals surface area (Å²) in [5, 5.41) is 11.8. The van der Waals surface area contributed by atoms with Crippen LogP contribution in [0.5, 0.6) is 0 Å². The second-order valence-corrected chi connectivity index (χ2v) is 4.73. The maximum Gasteiger partial charge on any atom is 0.223 e. The van der Waals surface area contributed by atoms with Crippen molar-refractivity contribution in [1.82, 2.24) is 25.2 Å². The lowest BCUT2D eigenvalue weighted by Gasteiger charge is -2.13. The van der Waals surface area contributed by atoms with E-state index in [0.29, 0.717) is 18.3 Å². The lowest BCUT2D eigenvalue weighted by atomic mass is 10.1. The molecule has 0 aliphatic heterocycles. The topological polar surface area (TPSA) is 68.8 Å². The lowest BCUT2D eigenvalue weighted by molar-refractivity contribution is 0.384. The van der Waals surface area contributed by atoms with Gasteiger partial charge >= 0.3 is 0 Å². The van der Waals surface area contributed by atoms with Crippen LogP contribution in [0.4, 0.5) is 0 Å². The van der Waals surface area contributed by atoms with Crippen LogP contribution in [0.25, 0.3) is 0 Å². The van der Waals surface area contributed by atoms with Gasteiger partial charge in [-0.15, -0.1) is 0 Å². The minimum Gasteiger partial charge on any atom is -0.340 e. The third-order valence-electron chi connectivity index (χ3n) is 3.31. The first-order valence-electron chi connectivity index (χ1n) is 6.59. The third kappa shape index (κ3) is 2.84. The highest BCUT2D eigenvalue weighted by atomic mass is 16.5. The van der Waals surface area contributed by atoms with Crippen molar-refractivity contribution in [1.29, 1.82) is 0 Å². The average Bonchev–Trinajstić information content (AvgIpc) is 2.90. The molecule has 0 aliphatic carbocycles. The fourth-order valence-corrected chi connectivity index (χ4v) is 2.40. The van der Waals surface area contributed by atoms with Crippen molar-refractivity contribution >= 4 is 0 Å². The van der Waals surface area contributed by atoms with Gasteiger partial charge in [-0.1, -0.05) is 5.16 Å². The molecule has 0 aromatic carbocycles. The highest BCUT2D eigenvalue weighted by Crippen LogP contribution is 2.21. The zero-order valence-electron chi connectivity index (χ0n) is 12.2. The summed E-state index contributed by atoms with van der Waals surface area (Å²) in [5.41, 5.74) is 3.54. The molecule has 0 fully saturated rings. The quantitative estimate of drug-likeness (QED) is 0.894. The Balaban J connectivity index is 2.07. The van der Waals surface area contributed by atoms with E-state index in [9.17, 15) is 0 Å². The van der Waals surface area contributed by atoms with Gasteiger partial charge in [0.15, 0.2) is 5.82 Å². The van der Waals surface area contributed by atoms with E-state index in [0.717, 1.165) is 12.2 Å². The zero-order chi connectivity index (χ0) is 14.0. The summed E-state index contributed by atoms with van der Waals surface area (Å²) in [6.45, 7) is 11.7. The lowest BCUT2D eigenvalue weighted by Crippen LogP contribution is -2.20. The van der Waals surface area contributed by atoms with Gasteiger partial charge in [-0.3, -0.25) is 4.68 Å². The maximum atomic E-state index is 4.95. The minimum atomic E-state index is 0.208. The molecule has 6 heteroatoms. The van der Waals surface area contributed by atoms with Crippen LogP contribution in [0.2, 0.25) is 0 Å². The smallest absolute Gasteiger partial charge is 0.223 e. The van der Waals surface area contributed by atoms with E-state index >= 15 is 0 Å². The highest BCUT2D eigenvalue weighted by Gasteiger charge is 2.17. The molecule has 104 valence electrons. The number of nitrogens with one attached hydrogen (secondary N) is 1. The Kier molecular flexibility index (Phi) is 3.99. The minimum absolute atomic E-state index is 0.208. The fourth-order valence-electron chi connectivity index (χ4n) is 2.40. The molecule has 19 heavy (non-hydrogen) atoms. The van der Waals surface area contributed by atoms with E-state index in [1.807, 2.05) is 11.6 Å². The van der Waals surface area contributed by atoms with Crippen LogP contribution in [0.1, 0.15) is 48.6 Å². The first kappa shape index (κ1) is 13.7. The monoisotopic (exact) mass is 263 g/mol. The molecule has 0 radical (unpaired) electrons. The van der Waals surface area contributed by atoms with E-state index in [4.69, 9.17) is 4.52 Å². The predicted octanol–water partition coefficient (Wildman–Crippen LogP) is 2.06. The highest BCUT2D eigenvalue weighted by molar-refractivity contribution is 5.27. The van der Waals surface area contributed by atoms with Crippen molar-refractivity contribution in [2.45, 2.75) is 53.8 Å². The van der Waals surface area contributed by atoms with Crippen LogP contribution in [-0.2, 0) is 13.1 Å². The van der Waals surface area contributed by atoms with Crippen molar-refractivity contribution in [3.05, 3.63) is 28.7 Å². The third-order valence-corrected chi connectivity index (χ3v) is 3.31. The van der Waals surface area contributed by atoms with Crippen molar-refractivity contribution in [3.63, 3.8) is 0 Å². The van der Waals surface area contributed by atoms with Crippen molar-refractivity contribution in [3.8, 4) is 0 Å². The fraction of sp³-hybridized carbons (Fsp3) is 0.615. The Morgan fingerprint density at radius 2 is 2.05 bits per heavy atom. The Bertz CT molecular complexity index is 557. The van der Waals surface area contributed by atoms with Crippen LogP contribution in [0, 0.1) is 20.8 Å². The second-order valence-electron chi connectivity index (χ2n) is 4.73. The van der Waals surface area contributed by atoms with Crippen molar-refractivity contribution in [2.24, 2.45) is 0 Å². The largest absolute Gasteiger partial charge is 0.340 e.